The van der Waals surface area contributed by atoms with Crippen molar-refractivity contribution in [1.82, 2.24) is 5.32 Å². The van der Waals surface area contributed by atoms with Crippen molar-refractivity contribution in [3.05, 3.63) is 23.7 Å². The normalized spacial score (nSPS) is 12.1. The van der Waals surface area contributed by atoms with Crippen LogP contribution in [-0.4, -0.2) is 29.6 Å². The number of nitrogens with two attached hydrogens (primary N) is 1. The Bertz CT molecular complexity index is 372. The smallest absolute Gasteiger partial charge is 0.254 e. The molecule has 2 amide bonds. The van der Waals surface area contributed by atoms with Crippen molar-refractivity contribution >= 4 is 11.8 Å². The van der Waals surface area contributed by atoms with Gasteiger partial charge in [0.25, 0.3) is 5.91 Å². The highest BCUT2D eigenvalue weighted by molar-refractivity contribution is 5.94. The highest BCUT2D eigenvalue weighted by atomic mass is 16.3. The van der Waals surface area contributed by atoms with E-state index >= 15 is 0 Å². The fourth-order valence-electron chi connectivity index (χ4n) is 0.955. The number of amides is 2. The summed E-state index contributed by atoms with van der Waals surface area (Å²) in [6, 6.07) is 1.55. The predicted molar refractivity (Wildman–Crippen MR) is 51.0 cm³/mol. The van der Waals surface area contributed by atoms with E-state index in [1.807, 2.05) is 0 Å². The molecule has 0 radical (unpaired) electrons. The van der Waals surface area contributed by atoms with Gasteiger partial charge in [-0.25, -0.2) is 0 Å². The molecule has 4 N–H and O–H groups in total. The van der Waals surface area contributed by atoms with Gasteiger partial charge >= 0.3 is 0 Å². The molecule has 82 valence electrons. The first-order valence-corrected chi connectivity index (χ1v) is 4.31. The van der Waals surface area contributed by atoms with E-state index in [9.17, 15) is 9.59 Å². The lowest BCUT2D eigenvalue weighted by molar-refractivity contribution is -0.125. The van der Waals surface area contributed by atoms with Crippen molar-refractivity contribution in [2.75, 3.05) is 6.54 Å². The van der Waals surface area contributed by atoms with Crippen LogP contribution in [0.3, 0.4) is 0 Å². The number of hydrogen-bond acceptors (Lipinski definition) is 4. The minimum Gasteiger partial charge on any atom is -0.469 e. The maximum absolute atomic E-state index is 11.4. The number of aliphatic hydroxyl groups excluding tert-OH is 1. The molecule has 0 aliphatic carbocycles. The van der Waals surface area contributed by atoms with Crippen LogP contribution in [0.1, 0.15) is 16.1 Å². The largest absolute Gasteiger partial charge is 0.469 e. The van der Waals surface area contributed by atoms with Crippen LogP contribution in [0, 0.1) is 6.92 Å². The maximum atomic E-state index is 11.4. The number of nitrogens with one attached hydrogen (secondary N) is 1. The Hall–Kier alpha value is -1.82. The molecular weight excluding hydrogens is 200 g/mol. The molecule has 1 atom stereocenters. The predicted octanol–water partition coefficient (Wildman–Crippen LogP) is -0.836. The van der Waals surface area contributed by atoms with Crippen LogP contribution in [0.25, 0.3) is 0 Å². The second-order valence-electron chi connectivity index (χ2n) is 3.07. The van der Waals surface area contributed by atoms with Gasteiger partial charge in [0.1, 0.15) is 18.1 Å². The quantitative estimate of drug-likeness (QED) is 0.605. The standard InChI is InChI=1S/C9H12N2O4/c1-5-2-6(4-15-5)9(14)11-3-7(12)8(10)13/h2,4,7,12H,3H2,1H3,(H2,10,13)(H,11,14). The zero-order valence-corrected chi connectivity index (χ0v) is 8.19. The van der Waals surface area contributed by atoms with Gasteiger partial charge in [0, 0.05) is 0 Å². The average molecular weight is 212 g/mol. The number of furan rings is 1. The first kappa shape index (κ1) is 11.3. The van der Waals surface area contributed by atoms with Crippen molar-refractivity contribution in [2.24, 2.45) is 5.73 Å². The maximum Gasteiger partial charge on any atom is 0.254 e. The SMILES string of the molecule is Cc1cc(C(=O)NCC(O)C(N)=O)co1. The molecule has 1 rings (SSSR count). The summed E-state index contributed by atoms with van der Waals surface area (Å²) in [4.78, 5) is 21.8. The summed E-state index contributed by atoms with van der Waals surface area (Å²) in [5.74, 6) is -0.693. The van der Waals surface area contributed by atoms with Crippen LogP contribution in [0.2, 0.25) is 0 Å². The summed E-state index contributed by atoms with van der Waals surface area (Å²) in [6.45, 7) is 1.49. The molecule has 1 unspecified atom stereocenters. The zero-order chi connectivity index (χ0) is 11.4. The number of carbonyl (C=O) groups is 2. The molecule has 0 saturated carbocycles. The van der Waals surface area contributed by atoms with Crippen molar-refractivity contribution in [2.45, 2.75) is 13.0 Å². The lowest BCUT2D eigenvalue weighted by Gasteiger charge is -2.06. The van der Waals surface area contributed by atoms with E-state index in [1.54, 1.807) is 13.0 Å². The van der Waals surface area contributed by atoms with Crippen LogP contribution in [-0.2, 0) is 4.79 Å². The van der Waals surface area contributed by atoms with Crippen LogP contribution >= 0.6 is 0 Å². The van der Waals surface area contributed by atoms with Gasteiger partial charge in [-0.15, -0.1) is 0 Å². The van der Waals surface area contributed by atoms with Crippen LogP contribution < -0.4 is 11.1 Å². The third-order valence-corrected chi connectivity index (χ3v) is 1.78. The van der Waals surface area contributed by atoms with Gasteiger partial charge < -0.3 is 20.6 Å². The molecule has 6 heteroatoms. The van der Waals surface area contributed by atoms with Gasteiger partial charge in [-0.3, -0.25) is 9.59 Å². The van der Waals surface area contributed by atoms with E-state index in [2.05, 4.69) is 5.32 Å². The molecule has 0 aliphatic rings. The van der Waals surface area contributed by atoms with E-state index in [0.717, 1.165) is 0 Å². The molecule has 0 saturated heterocycles. The van der Waals surface area contributed by atoms with Crippen LogP contribution in [0.4, 0.5) is 0 Å². The van der Waals surface area contributed by atoms with Gasteiger partial charge in [-0.1, -0.05) is 0 Å². The summed E-state index contributed by atoms with van der Waals surface area (Å²) >= 11 is 0. The summed E-state index contributed by atoms with van der Waals surface area (Å²) < 4.78 is 4.92. The summed E-state index contributed by atoms with van der Waals surface area (Å²) in [5, 5.41) is 11.4. The molecule has 1 aromatic heterocycles. The molecule has 0 fully saturated rings. The number of hydrogen-bond donors (Lipinski definition) is 3. The summed E-state index contributed by atoms with van der Waals surface area (Å²) in [6.07, 6.45) is -0.0802. The van der Waals surface area contributed by atoms with Crippen molar-refractivity contribution in [3.8, 4) is 0 Å². The topological polar surface area (TPSA) is 106 Å². The van der Waals surface area contributed by atoms with Crippen LogP contribution in [0.15, 0.2) is 16.7 Å². The number of rotatable bonds is 4. The lowest BCUT2D eigenvalue weighted by atomic mass is 10.3. The molecule has 0 aromatic carbocycles. The molecule has 1 heterocycles. The number of aliphatic hydroxyl groups is 1. The van der Waals surface area contributed by atoms with E-state index in [4.69, 9.17) is 15.3 Å². The second kappa shape index (κ2) is 4.61. The third-order valence-electron chi connectivity index (χ3n) is 1.78. The lowest BCUT2D eigenvalue weighted by Crippen LogP contribution is -2.39. The highest BCUT2D eigenvalue weighted by Crippen LogP contribution is 2.05. The van der Waals surface area contributed by atoms with Crippen LogP contribution in [0.5, 0.6) is 0 Å². The Morgan fingerprint density at radius 3 is 2.80 bits per heavy atom. The molecule has 6 nitrogen and oxygen atoms in total. The number of aryl methyl sites for hydroxylation is 1. The Labute approximate surface area is 86.1 Å². The fourth-order valence-corrected chi connectivity index (χ4v) is 0.955. The molecule has 15 heavy (non-hydrogen) atoms. The summed E-state index contributed by atoms with van der Waals surface area (Å²) in [5.41, 5.74) is 5.14. The van der Waals surface area contributed by atoms with E-state index in [0.29, 0.717) is 11.3 Å². The Morgan fingerprint density at radius 1 is 1.67 bits per heavy atom. The van der Waals surface area contributed by atoms with Gasteiger partial charge in [0.05, 0.1) is 12.1 Å². The van der Waals surface area contributed by atoms with Gasteiger partial charge in [-0.05, 0) is 13.0 Å². The minimum absolute atomic E-state index is 0.210. The van der Waals surface area contributed by atoms with Crippen molar-refractivity contribution < 1.29 is 19.1 Å². The van der Waals surface area contributed by atoms with E-state index in [-0.39, 0.29) is 6.54 Å². The van der Waals surface area contributed by atoms with E-state index < -0.39 is 17.9 Å². The minimum atomic E-state index is -1.37. The molecule has 0 bridgehead atoms. The Morgan fingerprint density at radius 2 is 2.33 bits per heavy atom. The van der Waals surface area contributed by atoms with Crippen molar-refractivity contribution in [3.63, 3.8) is 0 Å². The third kappa shape index (κ3) is 3.10. The number of carbonyl (C=O) groups excluding carboxylic acids is 2. The first-order valence-electron chi connectivity index (χ1n) is 4.31. The second-order valence-corrected chi connectivity index (χ2v) is 3.07. The zero-order valence-electron chi connectivity index (χ0n) is 8.19. The molecule has 0 spiro atoms. The first-order chi connectivity index (χ1) is 7.00. The van der Waals surface area contributed by atoms with Gasteiger partial charge in [0.2, 0.25) is 5.91 Å². The summed E-state index contributed by atoms with van der Waals surface area (Å²) in [7, 11) is 0. The Kier molecular flexibility index (Phi) is 3.46. The molecule has 1 aromatic rings. The fraction of sp³-hybridized carbons (Fsp3) is 0.333. The van der Waals surface area contributed by atoms with E-state index in [1.165, 1.54) is 6.26 Å². The monoisotopic (exact) mass is 212 g/mol. The molecular formula is C9H12N2O4. The van der Waals surface area contributed by atoms with Gasteiger partial charge in [-0.2, -0.15) is 0 Å². The van der Waals surface area contributed by atoms with Gasteiger partial charge in [0.15, 0.2) is 0 Å². The Balaban J connectivity index is 2.47. The average Bonchev–Trinajstić information content (AvgIpc) is 2.60. The highest BCUT2D eigenvalue weighted by Gasteiger charge is 2.14. The van der Waals surface area contributed by atoms with Crippen molar-refractivity contribution in [1.29, 1.82) is 0 Å². The number of primary amides is 1. The molecule has 0 aliphatic heterocycles.